The molecule has 0 saturated heterocycles. The summed E-state index contributed by atoms with van der Waals surface area (Å²) in [6.45, 7) is 3.93. The van der Waals surface area contributed by atoms with Crippen LogP contribution in [0, 0.1) is 16.0 Å². The summed E-state index contributed by atoms with van der Waals surface area (Å²) in [4.78, 5) is 26.5. The predicted octanol–water partition coefficient (Wildman–Crippen LogP) is 1.95. The van der Waals surface area contributed by atoms with Gasteiger partial charge in [-0.15, -0.1) is 0 Å². The Balaban J connectivity index is 2.27. The molecule has 0 atom stereocenters. The van der Waals surface area contributed by atoms with Crippen LogP contribution in [0.3, 0.4) is 0 Å². The molecule has 0 aromatic carbocycles. The van der Waals surface area contributed by atoms with Crippen molar-refractivity contribution in [3.63, 3.8) is 0 Å². The van der Waals surface area contributed by atoms with E-state index in [0.29, 0.717) is 11.7 Å². The Morgan fingerprint density at radius 2 is 2.15 bits per heavy atom. The Morgan fingerprint density at radius 1 is 1.50 bits per heavy atom. The lowest BCUT2D eigenvalue weighted by Gasteiger charge is -2.26. The molecule has 1 amide bonds. The van der Waals surface area contributed by atoms with Crippen LogP contribution < -0.4 is 10.6 Å². The molecule has 0 radical (unpaired) electrons. The number of amides is 1. The predicted molar refractivity (Wildman–Crippen MR) is 74.7 cm³/mol. The molecule has 0 aliphatic heterocycles. The molecule has 108 valence electrons. The van der Waals surface area contributed by atoms with E-state index in [9.17, 15) is 14.9 Å². The van der Waals surface area contributed by atoms with Gasteiger partial charge in [0.05, 0.1) is 10.5 Å². The molecule has 2 N–H and O–H groups in total. The van der Waals surface area contributed by atoms with E-state index in [1.54, 1.807) is 7.05 Å². The maximum Gasteiger partial charge on any atom is 0.288 e. The van der Waals surface area contributed by atoms with Gasteiger partial charge < -0.3 is 10.6 Å². The molecular weight excluding hydrogens is 260 g/mol. The van der Waals surface area contributed by atoms with Crippen LogP contribution in [0.4, 0.5) is 11.5 Å². The van der Waals surface area contributed by atoms with Gasteiger partial charge in [0.15, 0.2) is 0 Å². The van der Waals surface area contributed by atoms with Crippen molar-refractivity contribution in [1.82, 2.24) is 10.3 Å². The van der Waals surface area contributed by atoms with Crippen LogP contribution in [0.5, 0.6) is 0 Å². The summed E-state index contributed by atoms with van der Waals surface area (Å²) in [5.74, 6) is 0.457. The Kier molecular flexibility index (Phi) is 3.61. The molecule has 1 fully saturated rings. The molecule has 1 aliphatic rings. The number of hydrogen-bond acceptors (Lipinski definition) is 5. The number of nitrogens with one attached hydrogen (secondary N) is 2. The summed E-state index contributed by atoms with van der Waals surface area (Å²) < 4.78 is 0. The van der Waals surface area contributed by atoms with Crippen LogP contribution in [0.25, 0.3) is 0 Å². The summed E-state index contributed by atoms with van der Waals surface area (Å²) in [6, 6.07) is 1.25. The lowest BCUT2D eigenvalue weighted by molar-refractivity contribution is -0.385. The number of rotatable bonds is 5. The fourth-order valence-corrected chi connectivity index (χ4v) is 2.19. The Bertz CT molecular complexity index is 553. The summed E-state index contributed by atoms with van der Waals surface area (Å²) in [5, 5.41) is 16.5. The molecule has 1 aromatic rings. The Morgan fingerprint density at radius 3 is 2.65 bits per heavy atom. The van der Waals surface area contributed by atoms with Crippen LogP contribution >= 0.6 is 0 Å². The zero-order chi connectivity index (χ0) is 14.9. The molecule has 1 saturated carbocycles. The standard InChI is InChI=1S/C13H18N4O3/c1-13(2,8-4-5-8)16-12(18)10-6-9(17(19)20)7-15-11(10)14-3/h6-8H,4-5H2,1-3H3,(H,14,15)(H,16,18). The number of aromatic nitrogens is 1. The fraction of sp³-hybridized carbons (Fsp3) is 0.538. The first-order valence-corrected chi connectivity index (χ1v) is 6.50. The van der Waals surface area contributed by atoms with Gasteiger partial charge in [-0.25, -0.2) is 4.98 Å². The van der Waals surface area contributed by atoms with Crippen molar-refractivity contribution in [3.05, 3.63) is 27.9 Å². The van der Waals surface area contributed by atoms with E-state index in [-0.39, 0.29) is 22.7 Å². The van der Waals surface area contributed by atoms with E-state index >= 15 is 0 Å². The number of nitro groups is 1. The first-order valence-electron chi connectivity index (χ1n) is 6.50. The van der Waals surface area contributed by atoms with E-state index in [1.165, 1.54) is 6.07 Å². The van der Waals surface area contributed by atoms with E-state index in [1.807, 2.05) is 13.8 Å². The van der Waals surface area contributed by atoms with Crippen molar-refractivity contribution >= 4 is 17.4 Å². The average molecular weight is 278 g/mol. The van der Waals surface area contributed by atoms with Crippen LogP contribution in [-0.2, 0) is 0 Å². The van der Waals surface area contributed by atoms with Gasteiger partial charge in [-0.1, -0.05) is 0 Å². The molecule has 7 nitrogen and oxygen atoms in total. The van der Waals surface area contributed by atoms with Gasteiger partial charge >= 0.3 is 0 Å². The number of carbonyl (C=O) groups excluding carboxylic acids is 1. The SMILES string of the molecule is CNc1ncc([N+](=O)[O-])cc1C(=O)NC(C)(C)C1CC1. The third kappa shape index (κ3) is 2.87. The van der Waals surface area contributed by atoms with Crippen molar-refractivity contribution in [2.24, 2.45) is 5.92 Å². The summed E-state index contributed by atoms with van der Waals surface area (Å²) in [6.07, 6.45) is 3.33. The van der Waals surface area contributed by atoms with E-state index in [2.05, 4.69) is 15.6 Å². The van der Waals surface area contributed by atoms with Crippen molar-refractivity contribution < 1.29 is 9.72 Å². The van der Waals surface area contributed by atoms with Gasteiger partial charge in [-0.2, -0.15) is 0 Å². The molecular formula is C13H18N4O3. The van der Waals surface area contributed by atoms with E-state index in [4.69, 9.17) is 0 Å². The third-order valence-corrected chi connectivity index (χ3v) is 3.60. The Labute approximate surface area is 116 Å². The minimum Gasteiger partial charge on any atom is -0.372 e. The highest BCUT2D eigenvalue weighted by Crippen LogP contribution is 2.39. The lowest BCUT2D eigenvalue weighted by atomic mass is 9.98. The number of pyridine rings is 1. The highest BCUT2D eigenvalue weighted by atomic mass is 16.6. The molecule has 0 spiro atoms. The topological polar surface area (TPSA) is 97.2 Å². The highest BCUT2D eigenvalue weighted by Gasteiger charge is 2.39. The fourth-order valence-electron chi connectivity index (χ4n) is 2.19. The second kappa shape index (κ2) is 5.07. The minimum absolute atomic E-state index is 0.190. The number of carbonyl (C=O) groups is 1. The molecule has 20 heavy (non-hydrogen) atoms. The molecule has 0 unspecified atom stereocenters. The Hall–Kier alpha value is -2.18. The molecule has 0 bridgehead atoms. The van der Waals surface area contributed by atoms with Gasteiger partial charge in [0.25, 0.3) is 11.6 Å². The number of hydrogen-bond donors (Lipinski definition) is 2. The van der Waals surface area contributed by atoms with Crippen molar-refractivity contribution in [3.8, 4) is 0 Å². The minimum atomic E-state index is -0.560. The number of anilines is 1. The van der Waals surface area contributed by atoms with Crippen LogP contribution in [0.2, 0.25) is 0 Å². The number of nitrogens with zero attached hydrogens (tertiary/aromatic N) is 2. The summed E-state index contributed by atoms with van der Waals surface area (Å²) >= 11 is 0. The van der Waals surface area contributed by atoms with Gasteiger partial charge in [0.2, 0.25) is 0 Å². The molecule has 7 heteroatoms. The summed E-state index contributed by atoms with van der Waals surface area (Å²) in [7, 11) is 1.62. The molecule has 1 aromatic heterocycles. The molecule has 1 aliphatic carbocycles. The third-order valence-electron chi connectivity index (χ3n) is 3.60. The second-order valence-corrected chi connectivity index (χ2v) is 5.55. The van der Waals surface area contributed by atoms with Crippen molar-refractivity contribution in [2.75, 3.05) is 12.4 Å². The van der Waals surface area contributed by atoms with E-state index in [0.717, 1.165) is 19.0 Å². The zero-order valence-corrected chi connectivity index (χ0v) is 11.8. The summed E-state index contributed by atoms with van der Waals surface area (Å²) in [5.41, 5.74) is -0.319. The maximum atomic E-state index is 12.3. The van der Waals surface area contributed by atoms with Crippen molar-refractivity contribution in [2.45, 2.75) is 32.2 Å². The smallest absolute Gasteiger partial charge is 0.288 e. The maximum absolute atomic E-state index is 12.3. The second-order valence-electron chi connectivity index (χ2n) is 5.55. The molecule has 1 heterocycles. The monoisotopic (exact) mass is 278 g/mol. The lowest BCUT2D eigenvalue weighted by Crippen LogP contribution is -2.45. The van der Waals surface area contributed by atoms with Gasteiger partial charge in [-0.3, -0.25) is 14.9 Å². The van der Waals surface area contributed by atoms with Gasteiger partial charge in [0.1, 0.15) is 12.0 Å². The van der Waals surface area contributed by atoms with Gasteiger partial charge in [0, 0.05) is 18.7 Å². The van der Waals surface area contributed by atoms with Crippen molar-refractivity contribution in [1.29, 1.82) is 0 Å². The first-order chi connectivity index (χ1) is 9.35. The van der Waals surface area contributed by atoms with Crippen LogP contribution in [0.15, 0.2) is 12.3 Å². The largest absolute Gasteiger partial charge is 0.372 e. The van der Waals surface area contributed by atoms with Gasteiger partial charge in [-0.05, 0) is 32.6 Å². The van der Waals surface area contributed by atoms with Crippen LogP contribution in [0.1, 0.15) is 37.0 Å². The first kappa shape index (κ1) is 14.2. The normalized spacial score (nSPS) is 14.8. The highest BCUT2D eigenvalue weighted by molar-refractivity contribution is 5.99. The zero-order valence-electron chi connectivity index (χ0n) is 11.8. The quantitative estimate of drug-likeness (QED) is 0.633. The van der Waals surface area contributed by atoms with Crippen LogP contribution in [-0.4, -0.2) is 28.4 Å². The molecule has 2 rings (SSSR count). The average Bonchev–Trinajstić information content (AvgIpc) is 3.21. The van der Waals surface area contributed by atoms with E-state index < -0.39 is 4.92 Å².